The maximum Gasteiger partial charge on any atom is 0.342 e. The topological polar surface area (TPSA) is 120 Å². The first-order valence-electron chi connectivity index (χ1n) is 6.75. The van der Waals surface area contributed by atoms with Gasteiger partial charge in [0.05, 0.1) is 28.9 Å². The molecule has 1 aromatic heterocycles. The van der Waals surface area contributed by atoms with Gasteiger partial charge in [-0.05, 0) is 12.1 Å². The van der Waals surface area contributed by atoms with Gasteiger partial charge in [0, 0.05) is 6.07 Å². The number of esters is 1. The van der Waals surface area contributed by atoms with Gasteiger partial charge in [-0.25, -0.2) is 9.18 Å². The third-order valence-corrected chi connectivity index (χ3v) is 3.93. The molecule has 128 valence electrons. The number of aromatic nitrogens is 1. The van der Waals surface area contributed by atoms with Gasteiger partial charge in [0.1, 0.15) is 17.2 Å². The summed E-state index contributed by atoms with van der Waals surface area (Å²) in [5.74, 6) is -3.91. The van der Waals surface area contributed by atoms with E-state index in [2.05, 4.69) is 4.74 Å². The number of carbonyl (C=O) groups is 3. The van der Waals surface area contributed by atoms with E-state index < -0.39 is 34.7 Å². The molecule has 1 aromatic carbocycles. The standard InChI is InChI=1S/C15H9ClFN3O5/c1-25-15(24)11-7(16)2-5(3-8(11)17)20-9(21)4-6-10(12(20)18)14(23)19-13(6)22/h2-4H,18H2,1H3,(H,19,22,23). The minimum Gasteiger partial charge on any atom is -0.465 e. The predicted octanol–water partition coefficient (Wildman–Crippen LogP) is 0.882. The summed E-state index contributed by atoms with van der Waals surface area (Å²) in [6.07, 6.45) is 0. The van der Waals surface area contributed by atoms with Gasteiger partial charge in [0.2, 0.25) is 0 Å². The van der Waals surface area contributed by atoms with E-state index in [4.69, 9.17) is 17.3 Å². The molecule has 3 N–H and O–H groups in total. The zero-order chi connectivity index (χ0) is 18.5. The monoisotopic (exact) mass is 365 g/mol. The van der Waals surface area contributed by atoms with Gasteiger partial charge in [0.15, 0.2) is 0 Å². The predicted molar refractivity (Wildman–Crippen MR) is 84.6 cm³/mol. The van der Waals surface area contributed by atoms with Gasteiger partial charge in [0.25, 0.3) is 17.4 Å². The average molecular weight is 366 g/mol. The molecule has 0 bridgehead atoms. The number of nitrogens with zero attached hydrogens (tertiary/aromatic N) is 1. The summed E-state index contributed by atoms with van der Waals surface area (Å²) in [6, 6.07) is 2.87. The summed E-state index contributed by atoms with van der Waals surface area (Å²) in [7, 11) is 1.06. The van der Waals surface area contributed by atoms with Crippen LogP contribution < -0.4 is 16.6 Å². The fourth-order valence-electron chi connectivity index (χ4n) is 2.53. The van der Waals surface area contributed by atoms with Crippen molar-refractivity contribution in [3.63, 3.8) is 0 Å². The zero-order valence-electron chi connectivity index (χ0n) is 12.6. The molecule has 8 nitrogen and oxygen atoms in total. The smallest absolute Gasteiger partial charge is 0.342 e. The number of halogens is 2. The van der Waals surface area contributed by atoms with Crippen molar-refractivity contribution in [1.82, 2.24) is 9.88 Å². The number of amides is 2. The molecule has 2 amide bonds. The minimum absolute atomic E-state index is 0.118. The van der Waals surface area contributed by atoms with Crippen LogP contribution in [0, 0.1) is 5.82 Å². The highest BCUT2D eigenvalue weighted by atomic mass is 35.5. The van der Waals surface area contributed by atoms with Crippen molar-refractivity contribution in [1.29, 1.82) is 0 Å². The van der Waals surface area contributed by atoms with Crippen LogP contribution in [0.25, 0.3) is 5.69 Å². The summed E-state index contributed by atoms with van der Waals surface area (Å²) in [5.41, 5.74) is 4.08. The first-order chi connectivity index (χ1) is 11.8. The van der Waals surface area contributed by atoms with Crippen molar-refractivity contribution >= 4 is 35.2 Å². The quantitative estimate of drug-likeness (QED) is 0.602. The number of nitrogen functional groups attached to an aromatic ring is 1. The highest BCUT2D eigenvalue weighted by molar-refractivity contribution is 6.33. The number of benzene rings is 1. The highest BCUT2D eigenvalue weighted by Crippen LogP contribution is 2.27. The molecule has 0 unspecified atom stereocenters. The van der Waals surface area contributed by atoms with Crippen LogP contribution in [0.4, 0.5) is 10.2 Å². The normalized spacial score (nSPS) is 12.8. The second-order valence-corrected chi connectivity index (χ2v) is 5.46. The Morgan fingerprint density at radius 3 is 2.52 bits per heavy atom. The summed E-state index contributed by atoms with van der Waals surface area (Å²) >= 11 is 5.90. The molecule has 25 heavy (non-hydrogen) atoms. The van der Waals surface area contributed by atoms with E-state index in [0.717, 1.165) is 29.9 Å². The van der Waals surface area contributed by atoms with Crippen LogP contribution >= 0.6 is 11.6 Å². The third-order valence-electron chi connectivity index (χ3n) is 3.63. The lowest BCUT2D eigenvalue weighted by atomic mass is 10.1. The van der Waals surface area contributed by atoms with Crippen LogP contribution in [-0.4, -0.2) is 29.5 Å². The van der Waals surface area contributed by atoms with Gasteiger partial charge in [-0.1, -0.05) is 11.6 Å². The van der Waals surface area contributed by atoms with E-state index >= 15 is 0 Å². The molecular formula is C15H9ClFN3O5. The number of fused-ring (bicyclic) bond motifs is 1. The van der Waals surface area contributed by atoms with Crippen LogP contribution in [0.15, 0.2) is 23.0 Å². The number of methoxy groups -OCH3 is 1. The van der Waals surface area contributed by atoms with Crippen molar-refractivity contribution in [3.05, 3.63) is 56.1 Å². The average Bonchev–Trinajstić information content (AvgIpc) is 2.80. The molecule has 0 radical (unpaired) electrons. The third kappa shape index (κ3) is 2.45. The van der Waals surface area contributed by atoms with Crippen LogP contribution in [0.5, 0.6) is 0 Å². The van der Waals surface area contributed by atoms with Crippen LogP contribution in [0.2, 0.25) is 5.02 Å². The van der Waals surface area contributed by atoms with Gasteiger partial charge in [-0.15, -0.1) is 0 Å². The number of nitrogens with two attached hydrogens (primary N) is 1. The molecule has 0 saturated heterocycles. The maximum absolute atomic E-state index is 14.2. The van der Waals surface area contributed by atoms with Crippen molar-refractivity contribution in [2.45, 2.75) is 0 Å². The molecule has 3 rings (SSSR count). The molecule has 0 saturated carbocycles. The number of hydrogen-bond acceptors (Lipinski definition) is 6. The minimum atomic E-state index is -1.04. The Bertz CT molecular complexity index is 1010. The van der Waals surface area contributed by atoms with Crippen molar-refractivity contribution in [2.75, 3.05) is 12.8 Å². The molecule has 1 aliphatic heterocycles. The maximum atomic E-state index is 14.2. The highest BCUT2D eigenvalue weighted by Gasteiger charge is 2.32. The lowest BCUT2D eigenvalue weighted by molar-refractivity contribution is 0.0595. The van der Waals surface area contributed by atoms with E-state index in [9.17, 15) is 23.6 Å². The lowest BCUT2D eigenvalue weighted by Gasteiger charge is -2.13. The molecule has 0 aliphatic carbocycles. The van der Waals surface area contributed by atoms with Crippen molar-refractivity contribution in [3.8, 4) is 5.69 Å². The van der Waals surface area contributed by atoms with E-state index in [1.54, 1.807) is 0 Å². The number of nitrogens with one attached hydrogen (secondary N) is 1. The number of rotatable bonds is 2. The second kappa shape index (κ2) is 5.71. The zero-order valence-corrected chi connectivity index (χ0v) is 13.3. The Morgan fingerprint density at radius 2 is 1.92 bits per heavy atom. The Hall–Kier alpha value is -3.20. The largest absolute Gasteiger partial charge is 0.465 e. The number of pyridine rings is 1. The Kier molecular flexibility index (Phi) is 3.80. The van der Waals surface area contributed by atoms with E-state index in [1.807, 2.05) is 5.32 Å². The van der Waals surface area contributed by atoms with Crippen LogP contribution in [-0.2, 0) is 4.74 Å². The number of carbonyl (C=O) groups excluding carboxylic acids is 3. The van der Waals surface area contributed by atoms with E-state index in [-0.39, 0.29) is 27.7 Å². The summed E-state index contributed by atoms with van der Waals surface area (Å²) in [4.78, 5) is 47.3. The SMILES string of the molecule is COC(=O)c1c(F)cc(-n2c(N)c3c(cc2=O)C(=O)NC3=O)cc1Cl. The second-order valence-electron chi connectivity index (χ2n) is 5.05. The number of hydrogen-bond donors (Lipinski definition) is 2. The van der Waals surface area contributed by atoms with Gasteiger partial charge >= 0.3 is 5.97 Å². The summed E-state index contributed by atoms with van der Waals surface area (Å²) in [5, 5.41) is 1.70. The molecule has 1 aliphatic rings. The van der Waals surface area contributed by atoms with E-state index in [1.165, 1.54) is 0 Å². The molecule has 2 aromatic rings. The number of imide groups is 1. The molecule has 10 heteroatoms. The van der Waals surface area contributed by atoms with Gasteiger partial charge in [-0.2, -0.15) is 0 Å². The molecule has 0 atom stereocenters. The van der Waals surface area contributed by atoms with Crippen LogP contribution in [0.3, 0.4) is 0 Å². The Balaban J connectivity index is 2.27. The molecular weight excluding hydrogens is 357 g/mol. The van der Waals surface area contributed by atoms with Gasteiger partial charge in [-0.3, -0.25) is 24.3 Å². The summed E-state index contributed by atoms with van der Waals surface area (Å²) in [6.45, 7) is 0. The van der Waals surface area contributed by atoms with Gasteiger partial charge < -0.3 is 10.5 Å². The van der Waals surface area contributed by atoms with Crippen LogP contribution in [0.1, 0.15) is 31.1 Å². The fourth-order valence-corrected chi connectivity index (χ4v) is 2.81. The first-order valence-corrected chi connectivity index (χ1v) is 7.13. The van der Waals surface area contributed by atoms with Crippen molar-refractivity contribution < 1.29 is 23.5 Å². The Labute approximate surface area is 143 Å². The van der Waals surface area contributed by atoms with E-state index in [0.29, 0.717) is 0 Å². The number of anilines is 1. The van der Waals surface area contributed by atoms with Crippen molar-refractivity contribution in [2.24, 2.45) is 0 Å². The lowest BCUT2D eigenvalue weighted by Crippen LogP contribution is -2.24. The Morgan fingerprint density at radius 1 is 1.24 bits per heavy atom. The molecule has 2 heterocycles. The molecule has 0 spiro atoms. The summed E-state index contributed by atoms with van der Waals surface area (Å²) < 4.78 is 19.5. The number of ether oxygens (including phenoxy) is 1. The fraction of sp³-hybridized carbons (Fsp3) is 0.0667. The molecule has 0 fully saturated rings. The first kappa shape index (κ1) is 16.7.